The molecule has 3 aromatic rings. The molecule has 24 heavy (non-hydrogen) atoms. The molecule has 5 rings (SSSR count). The summed E-state index contributed by atoms with van der Waals surface area (Å²) in [5.74, 6) is 1.86. The number of rotatable bonds is 2. The summed E-state index contributed by atoms with van der Waals surface area (Å²) in [5.41, 5.74) is 3.42. The summed E-state index contributed by atoms with van der Waals surface area (Å²) in [6, 6.07) is 8.48. The first-order valence-electron chi connectivity index (χ1n) is 8.21. The van der Waals surface area contributed by atoms with Crippen molar-refractivity contribution in [1.82, 2.24) is 19.7 Å². The lowest BCUT2D eigenvalue weighted by Crippen LogP contribution is -2.36. The van der Waals surface area contributed by atoms with Gasteiger partial charge in [-0.05, 0) is 18.1 Å². The Kier molecular flexibility index (Phi) is 3.34. The van der Waals surface area contributed by atoms with Gasteiger partial charge in [0.1, 0.15) is 11.5 Å². The first-order valence-corrected chi connectivity index (χ1v) is 9.09. The number of anilines is 1. The van der Waals surface area contributed by atoms with E-state index in [1.165, 1.54) is 11.3 Å². The molecule has 0 radical (unpaired) electrons. The SMILES string of the molecule is c1ccc2c(c1)CCc1nnc(-c3csc(N4CCOCC4)n3)n1-2. The van der Waals surface area contributed by atoms with E-state index in [9.17, 15) is 0 Å². The van der Waals surface area contributed by atoms with Gasteiger partial charge < -0.3 is 9.64 Å². The smallest absolute Gasteiger partial charge is 0.188 e. The zero-order valence-electron chi connectivity index (χ0n) is 13.2. The molecule has 0 spiro atoms. The molecular weight excluding hydrogens is 322 g/mol. The van der Waals surface area contributed by atoms with Crippen LogP contribution < -0.4 is 4.90 Å². The second-order valence-electron chi connectivity index (χ2n) is 6.02. The summed E-state index contributed by atoms with van der Waals surface area (Å²) >= 11 is 1.66. The van der Waals surface area contributed by atoms with Crippen molar-refractivity contribution in [2.45, 2.75) is 12.8 Å². The van der Waals surface area contributed by atoms with Crippen molar-refractivity contribution in [1.29, 1.82) is 0 Å². The fourth-order valence-electron chi connectivity index (χ4n) is 3.35. The maximum Gasteiger partial charge on any atom is 0.188 e. The molecule has 1 saturated heterocycles. The van der Waals surface area contributed by atoms with E-state index in [0.29, 0.717) is 0 Å². The predicted octanol–water partition coefficient (Wildman–Crippen LogP) is 2.33. The Balaban J connectivity index is 1.55. The number of fused-ring (bicyclic) bond motifs is 3. The minimum atomic E-state index is 0.766. The molecule has 0 N–H and O–H groups in total. The number of thiazole rings is 1. The first-order chi connectivity index (χ1) is 11.9. The van der Waals surface area contributed by atoms with Crippen molar-refractivity contribution < 1.29 is 4.74 Å². The monoisotopic (exact) mass is 339 g/mol. The second kappa shape index (κ2) is 5.68. The van der Waals surface area contributed by atoms with Gasteiger partial charge in [-0.15, -0.1) is 21.5 Å². The number of morpholine rings is 1. The predicted molar refractivity (Wildman–Crippen MR) is 92.9 cm³/mol. The van der Waals surface area contributed by atoms with E-state index < -0.39 is 0 Å². The first kappa shape index (κ1) is 14.1. The third-order valence-electron chi connectivity index (χ3n) is 4.58. The van der Waals surface area contributed by atoms with Crippen molar-refractivity contribution in [2.75, 3.05) is 31.2 Å². The number of aromatic nitrogens is 4. The van der Waals surface area contributed by atoms with Crippen LogP contribution in [0.3, 0.4) is 0 Å². The summed E-state index contributed by atoms with van der Waals surface area (Å²) < 4.78 is 7.59. The Morgan fingerprint density at radius 2 is 1.92 bits per heavy atom. The third kappa shape index (κ3) is 2.23. The Hall–Kier alpha value is -2.25. The lowest BCUT2D eigenvalue weighted by atomic mass is 10.0. The quantitative estimate of drug-likeness (QED) is 0.717. The minimum absolute atomic E-state index is 0.766. The van der Waals surface area contributed by atoms with Crippen molar-refractivity contribution >= 4 is 16.5 Å². The van der Waals surface area contributed by atoms with E-state index >= 15 is 0 Å². The fourth-order valence-corrected chi connectivity index (χ4v) is 4.21. The van der Waals surface area contributed by atoms with E-state index in [2.05, 4.69) is 49.3 Å². The normalized spacial score (nSPS) is 16.8. The van der Waals surface area contributed by atoms with Crippen LogP contribution in [-0.2, 0) is 17.6 Å². The average Bonchev–Trinajstić information content (AvgIpc) is 3.29. The Morgan fingerprint density at radius 1 is 1.04 bits per heavy atom. The Bertz CT molecular complexity index is 881. The number of para-hydroxylation sites is 1. The van der Waals surface area contributed by atoms with Crippen LogP contribution in [0.2, 0.25) is 0 Å². The molecule has 2 aliphatic rings. The van der Waals surface area contributed by atoms with Gasteiger partial charge in [-0.3, -0.25) is 4.57 Å². The molecule has 0 aliphatic carbocycles. The molecule has 0 saturated carbocycles. The van der Waals surface area contributed by atoms with Gasteiger partial charge >= 0.3 is 0 Å². The van der Waals surface area contributed by atoms with Crippen LogP contribution in [0.5, 0.6) is 0 Å². The topological polar surface area (TPSA) is 56.1 Å². The molecule has 2 aliphatic heterocycles. The van der Waals surface area contributed by atoms with Crippen LogP contribution in [-0.4, -0.2) is 46.1 Å². The highest BCUT2D eigenvalue weighted by molar-refractivity contribution is 7.14. The summed E-state index contributed by atoms with van der Waals surface area (Å²) in [4.78, 5) is 7.10. The molecule has 7 heteroatoms. The molecule has 0 unspecified atom stereocenters. The lowest BCUT2D eigenvalue weighted by Gasteiger charge is -2.26. The van der Waals surface area contributed by atoms with Crippen LogP contribution in [0.4, 0.5) is 5.13 Å². The summed E-state index contributed by atoms with van der Waals surface area (Å²) in [6.45, 7) is 3.33. The van der Waals surface area contributed by atoms with Crippen LogP contribution in [0.25, 0.3) is 17.2 Å². The van der Waals surface area contributed by atoms with Crippen LogP contribution >= 0.6 is 11.3 Å². The fraction of sp³-hybridized carbons (Fsp3) is 0.353. The number of hydrogen-bond acceptors (Lipinski definition) is 6. The van der Waals surface area contributed by atoms with Gasteiger partial charge in [0.2, 0.25) is 0 Å². The largest absolute Gasteiger partial charge is 0.378 e. The van der Waals surface area contributed by atoms with Gasteiger partial charge in [0.15, 0.2) is 11.0 Å². The van der Waals surface area contributed by atoms with Crippen LogP contribution in [0.1, 0.15) is 11.4 Å². The van der Waals surface area contributed by atoms with E-state index in [4.69, 9.17) is 9.72 Å². The summed E-state index contributed by atoms with van der Waals surface area (Å²) in [5, 5.41) is 12.0. The number of aryl methyl sites for hydroxylation is 2. The molecule has 1 aromatic carbocycles. The molecule has 1 fully saturated rings. The number of hydrogen-bond donors (Lipinski definition) is 0. The van der Waals surface area contributed by atoms with E-state index in [-0.39, 0.29) is 0 Å². The van der Waals surface area contributed by atoms with Crippen molar-refractivity contribution in [2.24, 2.45) is 0 Å². The van der Waals surface area contributed by atoms with Crippen molar-refractivity contribution in [3.63, 3.8) is 0 Å². The average molecular weight is 339 g/mol. The second-order valence-corrected chi connectivity index (χ2v) is 6.86. The van der Waals surface area contributed by atoms with Crippen molar-refractivity contribution in [3.05, 3.63) is 41.0 Å². The van der Waals surface area contributed by atoms with Gasteiger partial charge in [-0.1, -0.05) is 18.2 Å². The zero-order chi connectivity index (χ0) is 15.9. The van der Waals surface area contributed by atoms with Crippen molar-refractivity contribution in [3.8, 4) is 17.2 Å². The number of nitrogens with zero attached hydrogens (tertiary/aromatic N) is 5. The van der Waals surface area contributed by atoms with E-state index in [0.717, 1.165) is 61.6 Å². The maximum absolute atomic E-state index is 5.42. The van der Waals surface area contributed by atoms with Gasteiger partial charge in [0.05, 0.1) is 18.9 Å². The number of benzene rings is 1. The Morgan fingerprint density at radius 3 is 2.83 bits per heavy atom. The van der Waals surface area contributed by atoms with Gasteiger partial charge in [0.25, 0.3) is 0 Å². The number of ether oxygens (including phenoxy) is 1. The molecule has 122 valence electrons. The van der Waals surface area contributed by atoms with E-state index in [1.807, 2.05) is 0 Å². The third-order valence-corrected chi connectivity index (χ3v) is 5.48. The standard InChI is InChI=1S/C17H17N5OS/c1-2-4-14-12(3-1)5-6-15-19-20-16(22(14)15)13-11-24-17(18-13)21-7-9-23-10-8-21/h1-4,11H,5-10H2. The molecular formula is C17H17N5OS. The molecule has 4 heterocycles. The molecule has 0 amide bonds. The van der Waals surface area contributed by atoms with Gasteiger partial charge in [-0.2, -0.15) is 0 Å². The zero-order valence-corrected chi connectivity index (χ0v) is 14.0. The van der Waals surface area contributed by atoms with E-state index in [1.54, 1.807) is 11.3 Å². The molecule has 0 atom stereocenters. The maximum atomic E-state index is 5.42. The van der Waals surface area contributed by atoms with Gasteiger partial charge in [-0.25, -0.2) is 4.98 Å². The molecule has 0 bridgehead atoms. The highest BCUT2D eigenvalue weighted by Crippen LogP contribution is 2.32. The minimum Gasteiger partial charge on any atom is -0.378 e. The highest BCUT2D eigenvalue weighted by atomic mass is 32.1. The lowest BCUT2D eigenvalue weighted by molar-refractivity contribution is 0.122. The summed E-state index contributed by atoms with van der Waals surface area (Å²) in [6.07, 6.45) is 1.94. The molecule has 6 nitrogen and oxygen atoms in total. The molecule has 2 aromatic heterocycles. The van der Waals surface area contributed by atoms with Gasteiger partial charge in [0, 0.05) is 24.9 Å². The van der Waals surface area contributed by atoms with Crippen LogP contribution in [0, 0.1) is 0 Å². The highest BCUT2D eigenvalue weighted by Gasteiger charge is 2.24. The van der Waals surface area contributed by atoms with Crippen LogP contribution in [0.15, 0.2) is 29.6 Å². The Labute approximate surface area is 143 Å². The summed E-state index contributed by atoms with van der Waals surface area (Å²) in [7, 11) is 0.